The van der Waals surface area contributed by atoms with Gasteiger partial charge in [-0.05, 0) is 50.5 Å². The normalized spacial score (nSPS) is 9.87. The van der Waals surface area contributed by atoms with E-state index in [0.717, 1.165) is 23.1 Å². The first-order chi connectivity index (χ1) is 7.13. The van der Waals surface area contributed by atoms with E-state index in [1.165, 1.54) is 11.1 Å². The average molecular weight is 269 g/mol. The standard InChI is InChI=1S/C13H17BrO/c1-10(2)5-4-6-11-9-12(15-3)7-8-13(11)14/h5,7-9H,4,6H2,1-3H3. The molecular weight excluding hydrogens is 252 g/mol. The minimum atomic E-state index is 0.922. The van der Waals surface area contributed by atoms with Crippen molar-refractivity contribution < 1.29 is 4.74 Å². The molecule has 1 aromatic rings. The molecule has 1 nitrogen and oxygen atoms in total. The molecule has 0 saturated carbocycles. The number of aryl methyl sites for hydroxylation is 1. The highest BCUT2D eigenvalue weighted by molar-refractivity contribution is 9.10. The van der Waals surface area contributed by atoms with Crippen LogP contribution >= 0.6 is 15.9 Å². The van der Waals surface area contributed by atoms with E-state index in [-0.39, 0.29) is 0 Å². The highest BCUT2D eigenvalue weighted by Gasteiger charge is 2.00. The molecule has 0 aliphatic carbocycles. The third-order valence-electron chi connectivity index (χ3n) is 2.22. The summed E-state index contributed by atoms with van der Waals surface area (Å²) >= 11 is 3.55. The van der Waals surface area contributed by atoms with Gasteiger partial charge in [-0.15, -0.1) is 0 Å². The lowest BCUT2D eigenvalue weighted by atomic mass is 10.1. The average Bonchev–Trinajstić information content (AvgIpc) is 2.20. The first-order valence-electron chi connectivity index (χ1n) is 5.09. The number of halogens is 1. The van der Waals surface area contributed by atoms with E-state index in [4.69, 9.17) is 4.74 Å². The summed E-state index contributed by atoms with van der Waals surface area (Å²) in [4.78, 5) is 0. The molecule has 0 amide bonds. The van der Waals surface area contributed by atoms with Crippen LogP contribution in [-0.4, -0.2) is 7.11 Å². The minimum Gasteiger partial charge on any atom is -0.497 e. The predicted molar refractivity (Wildman–Crippen MR) is 68.4 cm³/mol. The van der Waals surface area contributed by atoms with Gasteiger partial charge in [0.05, 0.1) is 7.11 Å². The molecular formula is C13H17BrO. The Balaban J connectivity index is 2.71. The highest BCUT2D eigenvalue weighted by Crippen LogP contribution is 2.23. The van der Waals surface area contributed by atoms with Crippen molar-refractivity contribution in [3.63, 3.8) is 0 Å². The van der Waals surface area contributed by atoms with Crippen LogP contribution < -0.4 is 4.74 Å². The van der Waals surface area contributed by atoms with Crippen LogP contribution in [0.25, 0.3) is 0 Å². The maximum atomic E-state index is 5.20. The van der Waals surface area contributed by atoms with Gasteiger partial charge in [0.25, 0.3) is 0 Å². The quantitative estimate of drug-likeness (QED) is 0.738. The fraction of sp³-hybridized carbons (Fsp3) is 0.385. The Labute approximate surface area is 100 Å². The maximum absolute atomic E-state index is 5.20. The molecule has 15 heavy (non-hydrogen) atoms. The zero-order valence-electron chi connectivity index (χ0n) is 9.51. The molecule has 82 valence electrons. The fourth-order valence-electron chi connectivity index (χ4n) is 1.39. The highest BCUT2D eigenvalue weighted by atomic mass is 79.9. The summed E-state index contributed by atoms with van der Waals surface area (Å²) < 4.78 is 6.36. The smallest absolute Gasteiger partial charge is 0.119 e. The van der Waals surface area contributed by atoms with Crippen LogP contribution in [0, 0.1) is 0 Å². The molecule has 0 aliphatic rings. The van der Waals surface area contributed by atoms with E-state index < -0.39 is 0 Å². The van der Waals surface area contributed by atoms with E-state index in [9.17, 15) is 0 Å². The van der Waals surface area contributed by atoms with Gasteiger partial charge < -0.3 is 4.74 Å². The summed E-state index contributed by atoms with van der Waals surface area (Å²) in [5.41, 5.74) is 2.67. The molecule has 0 atom stereocenters. The Morgan fingerprint density at radius 1 is 1.40 bits per heavy atom. The summed E-state index contributed by atoms with van der Waals surface area (Å²) in [6, 6.07) is 6.09. The number of hydrogen-bond donors (Lipinski definition) is 0. The molecule has 2 heteroatoms. The van der Waals surface area contributed by atoms with Gasteiger partial charge in [0.15, 0.2) is 0 Å². The Bertz CT molecular complexity index is 352. The SMILES string of the molecule is COc1ccc(Br)c(CCC=C(C)C)c1. The van der Waals surface area contributed by atoms with Gasteiger partial charge in [0.2, 0.25) is 0 Å². The van der Waals surface area contributed by atoms with Crippen molar-refractivity contribution in [2.24, 2.45) is 0 Å². The van der Waals surface area contributed by atoms with Gasteiger partial charge >= 0.3 is 0 Å². The zero-order chi connectivity index (χ0) is 11.3. The van der Waals surface area contributed by atoms with E-state index in [0.29, 0.717) is 0 Å². The van der Waals surface area contributed by atoms with Gasteiger partial charge in [-0.1, -0.05) is 27.6 Å². The molecule has 0 bridgehead atoms. The Hall–Kier alpha value is -0.760. The van der Waals surface area contributed by atoms with Crippen LogP contribution in [0.5, 0.6) is 5.75 Å². The fourth-order valence-corrected chi connectivity index (χ4v) is 1.83. The molecule has 0 N–H and O–H groups in total. The number of benzene rings is 1. The van der Waals surface area contributed by atoms with Crippen molar-refractivity contribution in [1.29, 1.82) is 0 Å². The topological polar surface area (TPSA) is 9.23 Å². The summed E-state index contributed by atoms with van der Waals surface area (Å²) in [5.74, 6) is 0.922. The third kappa shape index (κ3) is 4.08. The number of allylic oxidation sites excluding steroid dienone is 2. The monoisotopic (exact) mass is 268 g/mol. The Morgan fingerprint density at radius 3 is 2.73 bits per heavy atom. The van der Waals surface area contributed by atoms with Crippen molar-refractivity contribution in [3.05, 3.63) is 39.9 Å². The van der Waals surface area contributed by atoms with Crippen molar-refractivity contribution >= 4 is 15.9 Å². The summed E-state index contributed by atoms with van der Waals surface area (Å²) in [6.45, 7) is 4.25. The first kappa shape index (κ1) is 12.3. The molecule has 0 spiro atoms. The van der Waals surface area contributed by atoms with E-state index in [1.807, 2.05) is 12.1 Å². The van der Waals surface area contributed by atoms with E-state index in [1.54, 1.807) is 7.11 Å². The molecule has 1 rings (SSSR count). The molecule has 0 radical (unpaired) electrons. The van der Waals surface area contributed by atoms with Gasteiger partial charge in [0.1, 0.15) is 5.75 Å². The van der Waals surface area contributed by atoms with E-state index in [2.05, 4.69) is 41.9 Å². The lowest BCUT2D eigenvalue weighted by Crippen LogP contribution is -1.89. The first-order valence-corrected chi connectivity index (χ1v) is 5.88. The molecule has 0 heterocycles. The minimum absolute atomic E-state index is 0.922. The third-order valence-corrected chi connectivity index (χ3v) is 2.99. The van der Waals surface area contributed by atoms with Gasteiger partial charge in [-0.3, -0.25) is 0 Å². The molecule has 0 aliphatic heterocycles. The van der Waals surface area contributed by atoms with Crippen molar-refractivity contribution in [3.8, 4) is 5.75 Å². The Morgan fingerprint density at radius 2 is 2.13 bits per heavy atom. The van der Waals surface area contributed by atoms with Gasteiger partial charge in [-0.25, -0.2) is 0 Å². The predicted octanol–water partition coefficient (Wildman–Crippen LogP) is 4.36. The Kier molecular flexibility index (Phi) is 4.89. The van der Waals surface area contributed by atoms with Gasteiger partial charge in [0, 0.05) is 4.47 Å². The van der Waals surface area contributed by atoms with Crippen LogP contribution in [0.4, 0.5) is 0 Å². The van der Waals surface area contributed by atoms with Crippen molar-refractivity contribution in [1.82, 2.24) is 0 Å². The van der Waals surface area contributed by atoms with Gasteiger partial charge in [-0.2, -0.15) is 0 Å². The largest absolute Gasteiger partial charge is 0.497 e. The molecule has 1 aromatic carbocycles. The lowest BCUT2D eigenvalue weighted by molar-refractivity contribution is 0.414. The number of ether oxygens (including phenoxy) is 1. The second kappa shape index (κ2) is 5.96. The maximum Gasteiger partial charge on any atom is 0.119 e. The summed E-state index contributed by atoms with van der Waals surface area (Å²) in [7, 11) is 1.70. The summed E-state index contributed by atoms with van der Waals surface area (Å²) in [6.07, 6.45) is 4.38. The molecule has 0 aromatic heterocycles. The second-order valence-electron chi connectivity index (χ2n) is 3.78. The van der Waals surface area contributed by atoms with Crippen LogP contribution in [-0.2, 0) is 6.42 Å². The number of methoxy groups -OCH3 is 1. The molecule has 0 saturated heterocycles. The molecule has 0 fully saturated rings. The lowest BCUT2D eigenvalue weighted by Gasteiger charge is -2.06. The van der Waals surface area contributed by atoms with Crippen LogP contribution in [0.3, 0.4) is 0 Å². The second-order valence-corrected chi connectivity index (χ2v) is 4.63. The van der Waals surface area contributed by atoms with Crippen LogP contribution in [0.2, 0.25) is 0 Å². The van der Waals surface area contributed by atoms with Crippen molar-refractivity contribution in [2.45, 2.75) is 26.7 Å². The van der Waals surface area contributed by atoms with E-state index >= 15 is 0 Å². The van der Waals surface area contributed by atoms with Crippen LogP contribution in [0.1, 0.15) is 25.8 Å². The summed E-state index contributed by atoms with van der Waals surface area (Å²) in [5, 5.41) is 0. The number of hydrogen-bond acceptors (Lipinski definition) is 1. The van der Waals surface area contributed by atoms with Crippen LogP contribution in [0.15, 0.2) is 34.3 Å². The van der Waals surface area contributed by atoms with Crippen molar-refractivity contribution in [2.75, 3.05) is 7.11 Å². The zero-order valence-corrected chi connectivity index (χ0v) is 11.1. The number of rotatable bonds is 4. The molecule has 0 unspecified atom stereocenters.